The number of methoxy groups -OCH3 is 1. The van der Waals surface area contributed by atoms with E-state index in [1.807, 2.05) is 36.4 Å². The molecule has 0 aliphatic heterocycles. The molecule has 0 saturated heterocycles. The Bertz CT molecular complexity index is 1520. The van der Waals surface area contributed by atoms with Crippen molar-refractivity contribution in [2.45, 2.75) is 57.2 Å². The van der Waals surface area contributed by atoms with Gasteiger partial charge in [0.15, 0.2) is 0 Å². The first-order valence-corrected chi connectivity index (χ1v) is 16.5. The summed E-state index contributed by atoms with van der Waals surface area (Å²) >= 11 is 5.96. The molecule has 1 aliphatic carbocycles. The molecule has 1 N–H and O–H groups in total. The average molecular weight is 630 g/mol. The van der Waals surface area contributed by atoms with Gasteiger partial charge in [-0.15, -0.1) is 0 Å². The lowest BCUT2D eigenvalue weighted by Gasteiger charge is -2.35. The summed E-state index contributed by atoms with van der Waals surface area (Å²) in [4.78, 5) is 29.6. The van der Waals surface area contributed by atoms with E-state index in [2.05, 4.69) is 5.32 Å². The van der Waals surface area contributed by atoms with Crippen molar-refractivity contribution in [3.05, 3.63) is 94.8 Å². The van der Waals surface area contributed by atoms with Gasteiger partial charge < -0.3 is 15.0 Å². The fourth-order valence-electron chi connectivity index (χ4n) is 5.32. The summed E-state index contributed by atoms with van der Waals surface area (Å²) in [5, 5.41) is 2.89. The summed E-state index contributed by atoms with van der Waals surface area (Å²) < 4.78 is 46.0. The van der Waals surface area contributed by atoms with E-state index < -0.39 is 34.3 Å². The van der Waals surface area contributed by atoms with Crippen LogP contribution in [0.2, 0.25) is 5.02 Å². The molecule has 0 spiro atoms. The van der Waals surface area contributed by atoms with Gasteiger partial charge in [0, 0.05) is 19.0 Å². The molecule has 43 heavy (non-hydrogen) atoms. The topological polar surface area (TPSA) is 96.0 Å². The Morgan fingerprint density at radius 1 is 1.00 bits per heavy atom. The van der Waals surface area contributed by atoms with E-state index >= 15 is 0 Å². The van der Waals surface area contributed by atoms with E-state index in [0.29, 0.717) is 11.3 Å². The number of hydrogen-bond donors (Lipinski definition) is 1. The zero-order valence-electron chi connectivity index (χ0n) is 24.3. The zero-order valence-corrected chi connectivity index (χ0v) is 25.9. The molecule has 1 saturated carbocycles. The van der Waals surface area contributed by atoms with E-state index in [0.717, 1.165) is 60.4 Å². The number of carbonyl (C=O) groups excluding carboxylic acids is 2. The van der Waals surface area contributed by atoms with Crippen molar-refractivity contribution in [1.29, 1.82) is 0 Å². The molecule has 1 fully saturated rings. The Kier molecular flexibility index (Phi) is 11.0. The van der Waals surface area contributed by atoms with E-state index in [1.54, 1.807) is 18.2 Å². The van der Waals surface area contributed by atoms with Crippen molar-refractivity contribution < 1.29 is 27.1 Å². The normalized spacial score (nSPS) is 14.5. The molecule has 0 aromatic heterocycles. The van der Waals surface area contributed by atoms with Crippen LogP contribution in [-0.2, 0) is 32.6 Å². The van der Waals surface area contributed by atoms with Gasteiger partial charge in [0.25, 0.3) is 0 Å². The van der Waals surface area contributed by atoms with Gasteiger partial charge in [-0.05, 0) is 54.3 Å². The first-order valence-electron chi connectivity index (χ1n) is 14.2. The largest absolute Gasteiger partial charge is 0.497 e. The third-order valence-corrected chi connectivity index (χ3v) is 9.01. The van der Waals surface area contributed by atoms with Crippen LogP contribution in [0.3, 0.4) is 0 Å². The van der Waals surface area contributed by atoms with Crippen LogP contribution in [0.4, 0.5) is 10.1 Å². The van der Waals surface area contributed by atoms with Crippen LogP contribution in [0.5, 0.6) is 5.75 Å². The number of sulfonamides is 1. The number of benzene rings is 3. The molecule has 11 heteroatoms. The maximum atomic E-state index is 14.2. The Labute approximate surface area is 257 Å². The van der Waals surface area contributed by atoms with Gasteiger partial charge in [0.05, 0.1) is 24.1 Å². The minimum Gasteiger partial charge on any atom is -0.497 e. The Morgan fingerprint density at radius 3 is 2.35 bits per heavy atom. The second kappa shape index (κ2) is 14.7. The number of hydrogen-bond acceptors (Lipinski definition) is 5. The third-order valence-electron chi connectivity index (χ3n) is 7.58. The van der Waals surface area contributed by atoms with E-state index in [9.17, 15) is 22.4 Å². The molecule has 230 valence electrons. The van der Waals surface area contributed by atoms with Crippen molar-refractivity contribution in [1.82, 2.24) is 10.2 Å². The molecule has 3 aromatic rings. The van der Waals surface area contributed by atoms with Crippen molar-refractivity contribution in [3.8, 4) is 5.75 Å². The minimum atomic E-state index is -4.00. The van der Waals surface area contributed by atoms with Gasteiger partial charge in [-0.1, -0.05) is 73.3 Å². The lowest BCUT2D eigenvalue weighted by Crippen LogP contribution is -2.55. The second-order valence-electron chi connectivity index (χ2n) is 10.8. The highest BCUT2D eigenvalue weighted by atomic mass is 35.5. The van der Waals surface area contributed by atoms with Crippen LogP contribution < -0.4 is 14.4 Å². The fourth-order valence-corrected chi connectivity index (χ4v) is 6.34. The highest BCUT2D eigenvalue weighted by Crippen LogP contribution is 2.26. The maximum Gasteiger partial charge on any atom is 0.244 e. The molecule has 1 atom stereocenters. The maximum absolute atomic E-state index is 14.2. The summed E-state index contributed by atoms with van der Waals surface area (Å²) in [6.07, 6.45) is 6.06. The molecular formula is C32H37ClFN3O5S. The molecule has 8 nitrogen and oxygen atoms in total. The van der Waals surface area contributed by atoms with Crippen LogP contribution in [0, 0.1) is 5.82 Å². The number of carbonyl (C=O) groups is 2. The van der Waals surface area contributed by atoms with Gasteiger partial charge in [0.1, 0.15) is 24.2 Å². The van der Waals surface area contributed by atoms with E-state index in [-0.39, 0.29) is 35.6 Å². The van der Waals surface area contributed by atoms with Crippen LogP contribution in [-0.4, -0.2) is 57.1 Å². The Morgan fingerprint density at radius 2 is 1.70 bits per heavy atom. The molecule has 4 rings (SSSR count). The standard InChI is InChI=1S/C32H37ClFN3O5S/c1-42-27-15-9-12-24(18-27)21-36(31(38)22-37(43(2,40)41)26-16-17-29(34)28(33)20-26)30(19-23-10-5-3-6-11-23)32(39)35-25-13-7-4-8-14-25/h3,5-6,9-12,15-18,20,25,30H,4,7-8,13-14,19,21-22H2,1-2H3,(H,35,39)/t30-/m0/s1. The SMILES string of the molecule is COc1cccc(CN(C(=O)CN(c2ccc(F)c(Cl)c2)S(C)(=O)=O)[C@@H](Cc2ccccc2)C(=O)NC2CCCCC2)c1. The van der Waals surface area contributed by atoms with Crippen molar-refractivity contribution in [2.24, 2.45) is 0 Å². The van der Waals surface area contributed by atoms with Crippen LogP contribution in [0.25, 0.3) is 0 Å². The molecule has 0 unspecified atom stereocenters. The van der Waals surface area contributed by atoms with Crippen LogP contribution >= 0.6 is 11.6 Å². The van der Waals surface area contributed by atoms with Gasteiger partial charge in [0.2, 0.25) is 21.8 Å². The third kappa shape index (κ3) is 8.93. The van der Waals surface area contributed by atoms with Crippen molar-refractivity contribution >= 4 is 39.1 Å². The Hall–Kier alpha value is -3.63. The number of amides is 2. The molecule has 0 heterocycles. The lowest BCUT2D eigenvalue weighted by molar-refractivity contribution is -0.140. The fraction of sp³-hybridized carbons (Fsp3) is 0.375. The highest BCUT2D eigenvalue weighted by molar-refractivity contribution is 7.92. The average Bonchev–Trinajstić information content (AvgIpc) is 2.99. The molecule has 1 aliphatic rings. The lowest BCUT2D eigenvalue weighted by atomic mass is 9.94. The van der Waals surface area contributed by atoms with Gasteiger partial charge in [-0.25, -0.2) is 12.8 Å². The summed E-state index contributed by atoms with van der Waals surface area (Å²) in [5.41, 5.74) is 1.59. The number of halogens is 2. The molecule has 0 radical (unpaired) electrons. The summed E-state index contributed by atoms with van der Waals surface area (Å²) in [6.45, 7) is -0.597. The van der Waals surface area contributed by atoms with Crippen molar-refractivity contribution in [2.75, 3.05) is 24.2 Å². The molecule has 0 bridgehead atoms. The minimum absolute atomic E-state index is 0.00201. The first-order chi connectivity index (χ1) is 20.5. The Balaban J connectivity index is 1.74. The zero-order chi connectivity index (χ0) is 31.0. The van der Waals surface area contributed by atoms with Crippen molar-refractivity contribution in [3.63, 3.8) is 0 Å². The number of nitrogens with one attached hydrogen (secondary N) is 1. The van der Waals surface area contributed by atoms with E-state index in [1.165, 1.54) is 18.1 Å². The molecular weight excluding hydrogens is 593 g/mol. The van der Waals surface area contributed by atoms with Gasteiger partial charge >= 0.3 is 0 Å². The predicted octanol–water partition coefficient (Wildman–Crippen LogP) is 5.34. The smallest absolute Gasteiger partial charge is 0.244 e. The van der Waals surface area contributed by atoms with Gasteiger partial charge in [-0.2, -0.15) is 0 Å². The van der Waals surface area contributed by atoms with Gasteiger partial charge in [-0.3, -0.25) is 13.9 Å². The summed E-state index contributed by atoms with van der Waals surface area (Å²) in [5.74, 6) is -1.04. The summed E-state index contributed by atoms with van der Waals surface area (Å²) in [7, 11) is -2.47. The number of anilines is 1. The first kappa shape index (κ1) is 32.3. The van der Waals surface area contributed by atoms with E-state index in [4.69, 9.17) is 16.3 Å². The monoisotopic (exact) mass is 629 g/mol. The van der Waals surface area contributed by atoms with Crippen LogP contribution in [0.1, 0.15) is 43.2 Å². The molecule has 2 amide bonds. The number of ether oxygens (including phenoxy) is 1. The van der Waals surface area contributed by atoms with Crippen LogP contribution in [0.15, 0.2) is 72.8 Å². The predicted molar refractivity (Wildman–Crippen MR) is 166 cm³/mol. The molecule has 3 aromatic carbocycles. The second-order valence-corrected chi connectivity index (χ2v) is 13.1. The number of nitrogens with zero attached hydrogens (tertiary/aromatic N) is 2. The highest BCUT2D eigenvalue weighted by Gasteiger charge is 2.34. The number of rotatable bonds is 12. The summed E-state index contributed by atoms with van der Waals surface area (Å²) in [6, 6.07) is 19.0. The quantitative estimate of drug-likeness (QED) is 0.292.